The zero-order valence-electron chi connectivity index (χ0n) is 11.5. The van der Waals surface area contributed by atoms with Gasteiger partial charge in [0.15, 0.2) is 0 Å². The predicted octanol–water partition coefficient (Wildman–Crippen LogP) is 2.47. The average molecular weight is 293 g/mol. The van der Waals surface area contributed by atoms with Gasteiger partial charge in [-0.3, -0.25) is 0 Å². The van der Waals surface area contributed by atoms with Gasteiger partial charge in [-0.25, -0.2) is 4.98 Å². The van der Waals surface area contributed by atoms with E-state index in [9.17, 15) is 8.42 Å². The number of ether oxygens (including phenoxy) is 1. The summed E-state index contributed by atoms with van der Waals surface area (Å²) in [6, 6.07) is 8.01. The van der Waals surface area contributed by atoms with Crippen molar-refractivity contribution in [3.63, 3.8) is 0 Å². The van der Waals surface area contributed by atoms with Gasteiger partial charge in [-0.05, 0) is 43.2 Å². The molecule has 1 heterocycles. The van der Waals surface area contributed by atoms with Crippen LogP contribution in [0.3, 0.4) is 0 Å². The molecule has 1 aromatic carbocycles. The normalized spacial score (nSPS) is 11.2. The second-order valence-electron chi connectivity index (χ2n) is 4.29. The Morgan fingerprint density at radius 1 is 1.10 bits per heavy atom. The molecule has 2 aromatic rings. The van der Waals surface area contributed by atoms with Crippen molar-refractivity contribution in [2.75, 3.05) is 7.11 Å². The molecule has 0 amide bonds. The molecule has 20 heavy (non-hydrogen) atoms. The maximum absolute atomic E-state index is 12.3. The van der Waals surface area contributed by atoms with Crippen LogP contribution in [0, 0.1) is 13.8 Å². The Kier molecular flexibility index (Phi) is 3.94. The molecule has 0 saturated heterocycles. The first-order valence-corrected chi connectivity index (χ1v) is 7.35. The van der Waals surface area contributed by atoms with Crippen LogP contribution in [0.15, 0.2) is 41.4 Å². The summed E-state index contributed by atoms with van der Waals surface area (Å²) in [4.78, 5) is 3.84. The number of nitrogens with zero attached hydrogens (tertiary/aromatic N) is 1. The molecule has 0 bridgehead atoms. The van der Waals surface area contributed by atoms with Crippen LogP contribution in [0.5, 0.6) is 11.6 Å². The number of rotatable bonds is 4. The summed E-state index contributed by atoms with van der Waals surface area (Å²) in [5.74, 6) is 0.275. The highest BCUT2D eigenvalue weighted by atomic mass is 32.2. The first kappa shape index (κ1) is 14.3. The lowest BCUT2D eigenvalue weighted by Gasteiger charge is -2.12. The molecule has 0 radical (unpaired) electrons. The Morgan fingerprint density at radius 2 is 1.80 bits per heavy atom. The molecule has 0 saturated carbocycles. The third-order valence-corrected chi connectivity index (χ3v) is 4.13. The van der Waals surface area contributed by atoms with Crippen LogP contribution >= 0.6 is 0 Å². The number of benzene rings is 1. The second-order valence-corrected chi connectivity index (χ2v) is 5.81. The van der Waals surface area contributed by atoms with Gasteiger partial charge in [-0.1, -0.05) is 6.07 Å². The molecule has 0 atom stereocenters. The standard InChI is InChI=1S/C14H15NO4S/c1-10-8-12(18-3)13(9-11(10)2)20(16,17)19-14-6-4-5-7-15-14/h4-9H,1-3H3. The van der Waals surface area contributed by atoms with Crippen molar-refractivity contribution in [1.82, 2.24) is 4.98 Å². The highest BCUT2D eigenvalue weighted by molar-refractivity contribution is 7.87. The lowest BCUT2D eigenvalue weighted by Crippen LogP contribution is -2.12. The Hall–Kier alpha value is -2.08. The molecule has 106 valence electrons. The minimum atomic E-state index is -3.98. The molecule has 5 nitrogen and oxygen atoms in total. The first-order chi connectivity index (χ1) is 9.44. The van der Waals surface area contributed by atoms with Gasteiger partial charge in [0.2, 0.25) is 5.88 Å². The monoisotopic (exact) mass is 293 g/mol. The number of aryl methyl sites for hydroxylation is 2. The van der Waals surface area contributed by atoms with Crippen LogP contribution in [0.1, 0.15) is 11.1 Å². The molecule has 0 aliphatic rings. The lowest BCUT2D eigenvalue weighted by atomic mass is 10.1. The number of methoxy groups -OCH3 is 1. The van der Waals surface area contributed by atoms with Gasteiger partial charge in [0.05, 0.1) is 7.11 Å². The van der Waals surface area contributed by atoms with E-state index in [2.05, 4.69) is 4.98 Å². The molecule has 0 fully saturated rings. The van der Waals surface area contributed by atoms with Crippen LogP contribution < -0.4 is 8.92 Å². The number of aromatic nitrogens is 1. The molecular formula is C14H15NO4S. The molecule has 0 aliphatic heterocycles. The van der Waals surface area contributed by atoms with Gasteiger partial charge >= 0.3 is 10.1 Å². The molecule has 0 N–H and O–H groups in total. The number of hydrogen-bond acceptors (Lipinski definition) is 5. The molecule has 2 rings (SSSR count). The number of hydrogen-bond donors (Lipinski definition) is 0. The fraction of sp³-hybridized carbons (Fsp3) is 0.214. The van der Waals surface area contributed by atoms with E-state index in [4.69, 9.17) is 8.92 Å². The maximum Gasteiger partial charge on any atom is 0.344 e. The van der Waals surface area contributed by atoms with Gasteiger partial charge in [-0.15, -0.1) is 0 Å². The van der Waals surface area contributed by atoms with Crippen LogP contribution in [0.4, 0.5) is 0 Å². The van der Waals surface area contributed by atoms with Crippen LogP contribution in [0.2, 0.25) is 0 Å². The predicted molar refractivity (Wildman–Crippen MR) is 74.5 cm³/mol. The smallest absolute Gasteiger partial charge is 0.344 e. The lowest BCUT2D eigenvalue weighted by molar-refractivity contribution is 0.397. The second kappa shape index (κ2) is 5.50. The summed E-state index contributed by atoms with van der Waals surface area (Å²) in [5.41, 5.74) is 1.78. The highest BCUT2D eigenvalue weighted by Crippen LogP contribution is 2.29. The Balaban J connectivity index is 2.47. The summed E-state index contributed by atoms with van der Waals surface area (Å²) in [6.07, 6.45) is 1.46. The topological polar surface area (TPSA) is 65.5 Å². The van der Waals surface area contributed by atoms with E-state index in [1.54, 1.807) is 18.2 Å². The van der Waals surface area contributed by atoms with Crippen molar-refractivity contribution in [3.8, 4) is 11.6 Å². The van der Waals surface area contributed by atoms with E-state index in [0.29, 0.717) is 0 Å². The van der Waals surface area contributed by atoms with Crippen molar-refractivity contribution in [2.45, 2.75) is 18.7 Å². The highest BCUT2D eigenvalue weighted by Gasteiger charge is 2.23. The molecule has 0 unspecified atom stereocenters. The van der Waals surface area contributed by atoms with Gasteiger partial charge < -0.3 is 8.92 Å². The van der Waals surface area contributed by atoms with Crippen molar-refractivity contribution < 1.29 is 17.3 Å². The fourth-order valence-electron chi connectivity index (χ4n) is 1.67. The fourth-order valence-corrected chi connectivity index (χ4v) is 2.79. The summed E-state index contributed by atoms with van der Waals surface area (Å²) in [7, 11) is -2.56. The molecule has 6 heteroatoms. The molecular weight excluding hydrogens is 278 g/mol. The first-order valence-electron chi connectivity index (χ1n) is 5.95. The van der Waals surface area contributed by atoms with Gasteiger partial charge in [0.25, 0.3) is 0 Å². The summed E-state index contributed by atoms with van der Waals surface area (Å²) in [5, 5.41) is 0. The van der Waals surface area contributed by atoms with E-state index in [0.717, 1.165) is 11.1 Å². The average Bonchev–Trinajstić information content (AvgIpc) is 2.42. The minimum absolute atomic E-state index is 0.00578. The van der Waals surface area contributed by atoms with Crippen molar-refractivity contribution in [3.05, 3.63) is 47.7 Å². The van der Waals surface area contributed by atoms with E-state index in [-0.39, 0.29) is 16.5 Å². The van der Waals surface area contributed by atoms with Crippen molar-refractivity contribution in [2.24, 2.45) is 0 Å². The van der Waals surface area contributed by atoms with E-state index < -0.39 is 10.1 Å². The van der Waals surface area contributed by atoms with Crippen molar-refractivity contribution >= 4 is 10.1 Å². The molecule has 0 aliphatic carbocycles. The zero-order chi connectivity index (χ0) is 14.8. The van der Waals surface area contributed by atoms with E-state index in [1.165, 1.54) is 25.4 Å². The van der Waals surface area contributed by atoms with Crippen LogP contribution in [-0.2, 0) is 10.1 Å². The quantitative estimate of drug-likeness (QED) is 0.810. The molecule has 1 aromatic heterocycles. The Morgan fingerprint density at radius 3 is 2.40 bits per heavy atom. The van der Waals surface area contributed by atoms with Crippen LogP contribution in [-0.4, -0.2) is 20.5 Å². The Labute approximate surface area is 118 Å². The SMILES string of the molecule is COc1cc(C)c(C)cc1S(=O)(=O)Oc1ccccn1. The van der Waals surface area contributed by atoms with E-state index >= 15 is 0 Å². The minimum Gasteiger partial charge on any atom is -0.495 e. The summed E-state index contributed by atoms with van der Waals surface area (Å²) >= 11 is 0. The zero-order valence-corrected chi connectivity index (χ0v) is 12.3. The van der Waals surface area contributed by atoms with Crippen LogP contribution in [0.25, 0.3) is 0 Å². The van der Waals surface area contributed by atoms with Gasteiger partial charge in [0.1, 0.15) is 10.6 Å². The Bertz CT molecular complexity index is 711. The van der Waals surface area contributed by atoms with Crippen molar-refractivity contribution in [1.29, 1.82) is 0 Å². The third-order valence-electron chi connectivity index (χ3n) is 2.88. The van der Waals surface area contributed by atoms with Gasteiger partial charge in [-0.2, -0.15) is 8.42 Å². The largest absolute Gasteiger partial charge is 0.495 e. The summed E-state index contributed by atoms with van der Waals surface area (Å²) in [6.45, 7) is 3.71. The van der Waals surface area contributed by atoms with E-state index in [1.807, 2.05) is 13.8 Å². The van der Waals surface area contributed by atoms with Gasteiger partial charge in [0, 0.05) is 12.3 Å². The third kappa shape index (κ3) is 2.91. The number of pyridine rings is 1. The molecule has 0 spiro atoms. The maximum atomic E-state index is 12.3. The summed E-state index contributed by atoms with van der Waals surface area (Å²) < 4.78 is 34.7.